The smallest absolute Gasteiger partial charge is 0.214 e. The zero-order valence-corrected chi connectivity index (χ0v) is 13.2. The van der Waals surface area contributed by atoms with Crippen LogP contribution in [0.2, 0.25) is 0 Å². The largest absolute Gasteiger partial charge is 0.475 e. The van der Waals surface area contributed by atoms with Crippen LogP contribution in [0.5, 0.6) is 5.88 Å². The van der Waals surface area contributed by atoms with Crippen molar-refractivity contribution in [1.29, 1.82) is 0 Å². The van der Waals surface area contributed by atoms with Crippen molar-refractivity contribution >= 4 is 0 Å². The number of ether oxygens (including phenoxy) is 1. The van der Waals surface area contributed by atoms with Crippen LogP contribution in [0.15, 0.2) is 12.1 Å². The highest BCUT2D eigenvalue weighted by atomic mass is 16.5. The molecule has 0 bridgehead atoms. The summed E-state index contributed by atoms with van der Waals surface area (Å²) in [5, 5.41) is 3.43. The first-order chi connectivity index (χ1) is 8.82. The second-order valence-electron chi connectivity index (χ2n) is 6.29. The highest BCUT2D eigenvalue weighted by Gasteiger charge is 2.17. The lowest BCUT2D eigenvalue weighted by atomic mass is 9.91. The highest BCUT2D eigenvalue weighted by Crippen LogP contribution is 2.24. The molecule has 1 heterocycles. The van der Waals surface area contributed by atoms with Crippen molar-refractivity contribution in [3.63, 3.8) is 0 Å². The fourth-order valence-electron chi connectivity index (χ4n) is 1.76. The van der Waals surface area contributed by atoms with Crippen LogP contribution in [0.4, 0.5) is 0 Å². The van der Waals surface area contributed by atoms with Crippen LogP contribution < -0.4 is 10.1 Å². The van der Waals surface area contributed by atoms with Gasteiger partial charge in [-0.25, -0.2) is 4.98 Å². The summed E-state index contributed by atoms with van der Waals surface area (Å²) in [6.07, 6.45) is 1.30. The Kier molecular flexibility index (Phi) is 5.80. The maximum atomic E-state index is 5.76. The van der Waals surface area contributed by atoms with Crippen LogP contribution in [-0.2, 0) is 12.0 Å². The molecule has 1 aromatic rings. The molecule has 1 aromatic heterocycles. The second kappa shape index (κ2) is 6.90. The van der Waals surface area contributed by atoms with Gasteiger partial charge in [-0.15, -0.1) is 0 Å². The van der Waals surface area contributed by atoms with E-state index in [0.717, 1.165) is 31.1 Å². The van der Waals surface area contributed by atoms with Crippen LogP contribution >= 0.6 is 0 Å². The first-order valence-corrected chi connectivity index (χ1v) is 7.21. The summed E-state index contributed by atoms with van der Waals surface area (Å²) in [4.78, 5) is 4.62. The molecule has 3 nitrogen and oxygen atoms in total. The molecule has 0 unspecified atom stereocenters. The van der Waals surface area contributed by atoms with Crippen molar-refractivity contribution in [3.05, 3.63) is 23.4 Å². The van der Waals surface area contributed by atoms with E-state index in [4.69, 9.17) is 4.74 Å². The number of rotatable bonds is 6. The van der Waals surface area contributed by atoms with E-state index in [1.807, 2.05) is 19.9 Å². The molecule has 0 radical (unpaired) electrons. The number of nitrogens with zero attached hydrogens (tertiary/aromatic N) is 1. The average molecular weight is 264 g/mol. The van der Waals surface area contributed by atoms with Gasteiger partial charge in [0, 0.05) is 18.0 Å². The van der Waals surface area contributed by atoms with E-state index in [0.29, 0.717) is 0 Å². The van der Waals surface area contributed by atoms with Gasteiger partial charge >= 0.3 is 0 Å². The summed E-state index contributed by atoms with van der Waals surface area (Å²) in [5.41, 5.74) is 2.36. The number of aromatic nitrogens is 1. The maximum Gasteiger partial charge on any atom is 0.214 e. The van der Waals surface area contributed by atoms with Gasteiger partial charge in [-0.1, -0.05) is 27.7 Å². The number of hydrogen-bond acceptors (Lipinski definition) is 3. The molecule has 1 rings (SSSR count). The third-order valence-electron chi connectivity index (χ3n) is 2.74. The first-order valence-electron chi connectivity index (χ1n) is 7.21. The zero-order valence-electron chi connectivity index (χ0n) is 13.2. The van der Waals surface area contributed by atoms with E-state index in [2.05, 4.69) is 44.1 Å². The predicted molar refractivity (Wildman–Crippen MR) is 80.7 cm³/mol. The molecule has 0 fully saturated rings. The van der Waals surface area contributed by atoms with Crippen LogP contribution in [0.1, 0.15) is 59.2 Å². The number of pyridine rings is 1. The van der Waals surface area contributed by atoms with Gasteiger partial charge in [-0.2, -0.15) is 0 Å². The van der Waals surface area contributed by atoms with E-state index < -0.39 is 0 Å². The summed E-state index contributed by atoms with van der Waals surface area (Å²) in [5.74, 6) is 0.732. The Labute approximate surface area is 117 Å². The van der Waals surface area contributed by atoms with Gasteiger partial charge in [-0.3, -0.25) is 0 Å². The van der Waals surface area contributed by atoms with Crippen LogP contribution in [-0.4, -0.2) is 17.6 Å². The standard InChI is InChI=1S/C16H28N2O/c1-7-8-17-11-13-9-14(16(4,5)6)18-15(10-13)19-12(2)3/h9-10,12,17H,7-8,11H2,1-6H3. The highest BCUT2D eigenvalue weighted by molar-refractivity contribution is 5.28. The van der Waals surface area contributed by atoms with E-state index in [1.165, 1.54) is 5.56 Å². The Morgan fingerprint density at radius 3 is 2.47 bits per heavy atom. The summed E-state index contributed by atoms with van der Waals surface area (Å²) in [7, 11) is 0. The van der Waals surface area contributed by atoms with Crippen molar-refractivity contribution in [2.45, 2.75) is 66.0 Å². The quantitative estimate of drug-likeness (QED) is 0.796. The van der Waals surface area contributed by atoms with E-state index in [-0.39, 0.29) is 11.5 Å². The van der Waals surface area contributed by atoms with Crippen molar-refractivity contribution in [2.75, 3.05) is 6.54 Å². The minimum Gasteiger partial charge on any atom is -0.475 e. The monoisotopic (exact) mass is 264 g/mol. The molecule has 0 amide bonds. The SMILES string of the molecule is CCCNCc1cc(OC(C)C)nc(C(C)(C)C)c1. The molecule has 0 saturated heterocycles. The topological polar surface area (TPSA) is 34.1 Å². The number of hydrogen-bond donors (Lipinski definition) is 1. The van der Waals surface area contributed by atoms with Gasteiger partial charge in [0.15, 0.2) is 0 Å². The fraction of sp³-hybridized carbons (Fsp3) is 0.688. The molecular formula is C16H28N2O. The maximum absolute atomic E-state index is 5.76. The molecular weight excluding hydrogens is 236 g/mol. The Hall–Kier alpha value is -1.09. The second-order valence-corrected chi connectivity index (χ2v) is 6.29. The number of nitrogens with one attached hydrogen (secondary N) is 1. The van der Waals surface area contributed by atoms with Gasteiger partial charge in [0.1, 0.15) is 0 Å². The Bertz CT molecular complexity index is 394. The lowest BCUT2D eigenvalue weighted by molar-refractivity contribution is 0.231. The molecule has 0 spiro atoms. The van der Waals surface area contributed by atoms with Gasteiger partial charge in [0.25, 0.3) is 0 Å². The van der Waals surface area contributed by atoms with Crippen molar-refractivity contribution in [2.24, 2.45) is 0 Å². The van der Waals surface area contributed by atoms with Crippen molar-refractivity contribution in [1.82, 2.24) is 10.3 Å². The molecule has 1 N–H and O–H groups in total. The summed E-state index contributed by atoms with van der Waals surface area (Å²) in [6, 6.07) is 4.22. The van der Waals surface area contributed by atoms with Crippen molar-refractivity contribution < 1.29 is 4.74 Å². The lowest BCUT2D eigenvalue weighted by Gasteiger charge is -2.21. The Balaban J connectivity index is 2.95. The molecule has 0 aliphatic carbocycles. The van der Waals surface area contributed by atoms with Crippen LogP contribution in [0.3, 0.4) is 0 Å². The van der Waals surface area contributed by atoms with E-state index in [9.17, 15) is 0 Å². The Morgan fingerprint density at radius 2 is 1.95 bits per heavy atom. The predicted octanol–water partition coefficient (Wildman–Crippen LogP) is 3.67. The summed E-state index contributed by atoms with van der Waals surface area (Å²) >= 11 is 0. The summed E-state index contributed by atoms with van der Waals surface area (Å²) < 4.78 is 5.76. The molecule has 3 heteroatoms. The summed E-state index contributed by atoms with van der Waals surface area (Å²) in [6.45, 7) is 14.7. The molecule has 108 valence electrons. The van der Waals surface area contributed by atoms with E-state index in [1.54, 1.807) is 0 Å². The molecule has 19 heavy (non-hydrogen) atoms. The third kappa shape index (κ3) is 5.60. The molecule has 0 atom stereocenters. The average Bonchev–Trinajstić information content (AvgIpc) is 2.27. The molecule has 0 aliphatic rings. The fourth-order valence-corrected chi connectivity index (χ4v) is 1.76. The minimum absolute atomic E-state index is 0.0376. The Morgan fingerprint density at radius 1 is 1.26 bits per heavy atom. The van der Waals surface area contributed by atoms with Crippen molar-refractivity contribution in [3.8, 4) is 5.88 Å². The molecule has 0 aromatic carbocycles. The molecule has 0 saturated carbocycles. The van der Waals surface area contributed by atoms with Crippen LogP contribution in [0, 0.1) is 0 Å². The van der Waals surface area contributed by atoms with Gasteiger partial charge in [0.2, 0.25) is 5.88 Å². The van der Waals surface area contributed by atoms with E-state index >= 15 is 0 Å². The van der Waals surface area contributed by atoms with Gasteiger partial charge in [0.05, 0.1) is 11.8 Å². The first kappa shape index (κ1) is 16.0. The minimum atomic E-state index is 0.0376. The third-order valence-corrected chi connectivity index (χ3v) is 2.74. The molecule has 0 aliphatic heterocycles. The van der Waals surface area contributed by atoms with Crippen LogP contribution in [0.25, 0.3) is 0 Å². The van der Waals surface area contributed by atoms with Gasteiger partial charge < -0.3 is 10.1 Å². The lowest BCUT2D eigenvalue weighted by Crippen LogP contribution is -2.18. The normalized spacial score (nSPS) is 11.9. The van der Waals surface area contributed by atoms with Gasteiger partial charge in [-0.05, 0) is 38.4 Å². The zero-order chi connectivity index (χ0) is 14.5.